The highest BCUT2D eigenvalue weighted by Gasteiger charge is 1.84. The Morgan fingerprint density at radius 2 is 1.92 bits per heavy atom. The van der Waals surface area contributed by atoms with Gasteiger partial charge in [-0.3, -0.25) is 4.79 Å². The zero-order valence-electron chi connectivity index (χ0n) is 7.49. The maximum atomic E-state index is 10.3. The molecular weight excluding hydrogens is 152 g/mol. The number of carbonyl (C=O) groups is 1. The predicted octanol–water partition coefficient (Wildman–Crippen LogP) is 2.24. The molecule has 0 aliphatic rings. The van der Waals surface area contributed by atoms with Crippen molar-refractivity contribution in [1.82, 2.24) is 0 Å². The molecule has 0 spiro atoms. The molecule has 0 saturated carbocycles. The lowest BCUT2D eigenvalue weighted by Gasteiger charge is -1.92. The number of carbonyl (C=O) groups excluding carboxylic acids is 1. The van der Waals surface area contributed by atoms with Gasteiger partial charge < -0.3 is 4.74 Å². The van der Waals surface area contributed by atoms with E-state index < -0.39 is 0 Å². The fourth-order valence-electron chi connectivity index (χ4n) is 0.539. The van der Waals surface area contributed by atoms with Crippen LogP contribution in [0.25, 0.3) is 0 Å². The fourth-order valence-corrected chi connectivity index (χ4v) is 0.539. The Labute approximate surface area is 73.2 Å². The second-order valence-electron chi connectivity index (χ2n) is 2.14. The SMILES string of the molecule is C/C=C/C=C/C=C/COC(C)=O. The Kier molecular flexibility index (Phi) is 6.94. The summed E-state index contributed by atoms with van der Waals surface area (Å²) in [7, 11) is 0. The Balaban J connectivity index is 3.43. The van der Waals surface area contributed by atoms with Crippen molar-refractivity contribution in [3.8, 4) is 0 Å². The van der Waals surface area contributed by atoms with Gasteiger partial charge in [0.25, 0.3) is 0 Å². The van der Waals surface area contributed by atoms with Crippen molar-refractivity contribution >= 4 is 5.97 Å². The lowest BCUT2D eigenvalue weighted by molar-refractivity contribution is -0.139. The standard InChI is InChI=1S/C10H14O2/c1-3-4-5-6-7-8-9-12-10(2)11/h3-8H,9H2,1-2H3/b4-3+,6-5+,8-7+. The van der Waals surface area contributed by atoms with Gasteiger partial charge in [0.05, 0.1) is 0 Å². The van der Waals surface area contributed by atoms with Gasteiger partial charge in [-0.15, -0.1) is 0 Å². The number of hydrogen-bond acceptors (Lipinski definition) is 2. The van der Waals surface area contributed by atoms with Crippen molar-refractivity contribution in [2.45, 2.75) is 13.8 Å². The average molecular weight is 166 g/mol. The van der Waals surface area contributed by atoms with Crippen molar-refractivity contribution in [1.29, 1.82) is 0 Å². The molecule has 2 heteroatoms. The molecule has 0 amide bonds. The number of allylic oxidation sites excluding steroid dienone is 5. The Morgan fingerprint density at radius 3 is 2.50 bits per heavy atom. The number of hydrogen-bond donors (Lipinski definition) is 0. The monoisotopic (exact) mass is 166 g/mol. The van der Waals surface area contributed by atoms with Crippen LogP contribution in [0.4, 0.5) is 0 Å². The first-order valence-electron chi connectivity index (χ1n) is 3.85. The summed E-state index contributed by atoms with van der Waals surface area (Å²) < 4.78 is 4.67. The molecule has 2 nitrogen and oxygen atoms in total. The van der Waals surface area contributed by atoms with Gasteiger partial charge in [-0.05, 0) is 13.0 Å². The molecule has 0 N–H and O–H groups in total. The minimum atomic E-state index is -0.253. The fraction of sp³-hybridized carbons (Fsp3) is 0.300. The maximum Gasteiger partial charge on any atom is 0.302 e. The van der Waals surface area contributed by atoms with Crippen LogP contribution >= 0.6 is 0 Å². The molecule has 0 aliphatic carbocycles. The molecule has 0 aromatic rings. The molecule has 0 unspecified atom stereocenters. The molecule has 0 rings (SSSR count). The van der Waals surface area contributed by atoms with Crippen LogP contribution in [-0.2, 0) is 9.53 Å². The molecule has 0 radical (unpaired) electrons. The number of ether oxygens (including phenoxy) is 1. The molecule has 0 bridgehead atoms. The number of esters is 1. The van der Waals surface area contributed by atoms with Gasteiger partial charge in [0, 0.05) is 6.92 Å². The van der Waals surface area contributed by atoms with Crippen molar-refractivity contribution in [3.05, 3.63) is 36.5 Å². The van der Waals surface area contributed by atoms with Gasteiger partial charge in [0.2, 0.25) is 0 Å². The topological polar surface area (TPSA) is 26.3 Å². The van der Waals surface area contributed by atoms with Crippen LogP contribution in [0.2, 0.25) is 0 Å². The third kappa shape index (κ3) is 8.69. The van der Waals surface area contributed by atoms with E-state index in [1.54, 1.807) is 6.08 Å². The first kappa shape index (κ1) is 10.7. The van der Waals surface area contributed by atoms with Gasteiger partial charge >= 0.3 is 5.97 Å². The molecule has 0 fully saturated rings. The second-order valence-corrected chi connectivity index (χ2v) is 2.14. The number of rotatable bonds is 4. The van der Waals surface area contributed by atoms with Crippen LogP contribution in [0.3, 0.4) is 0 Å². The normalized spacial score (nSPS) is 11.8. The smallest absolute Gasteiger partial charge is 0.302 e. The summed E-state index contributed by atoms with van der Waals surface area (Å²) in [6.07, 6.45) is 11.3. The van der Waals surface area contributed by atoms with E-state index in [2.05, 4.69) is 4.74 Å². The molecule has 0 atom stereocenters. The van der Waals surface area contributed by atoms with Gasteiger partial charge in [-0.25, -0.2) is 0 Å². The zero-order chi connectivity index (χ0) is 9.23. The van der Waals surface area contributed by atoms with Crippen LogP contribution in [0, 0.1) is 0 Å². The van der Waals surface area contributed by atoms with Crippen LogP contribution in [0.5, 0.6) is 0 Å². The Bertz CT molecular complexity index is 200. The highest BCUT2D eigenvalue weighted by molar-refractivity contribution is 5.65. The molecule has 0 saturated heterocycles. The van der Waals surface area contributed by atoms with E-state index >= 15 is 0 Å². The van der Waals surface area contributed by atoms with Crippen LogP contribution in [-0.4, -0.2) is 12.6 Å². The minimum absolute atomic E-state index is 0.253. The van der Waals surface area contributed by atoms with E-state index in [1.165, 1.54) is 6.92 Å². The summed E-state index contributed by atoms with van der Waals surface area (Å²) in [4.78, 5) is 10.3. The molecule has 0 heterocycles. The van der Waals surface area contributed by atoms with E-state index in [1.807, 2.05) is 37.3 Å². The molecule has 12 heavy (non-hydrogen) atoms. The average Bonchev–Trinajstić information content (AvgIpc) is 2.02. The van der Waals surface area contributed by atoms with Crippen LogP contribution in [0.1, 0.15) is 13.8 Å². The van der Waals surface area contributed by atoms with Crippen molar-refractivity contribution in [2.75, 3.05) is 6.61 Å². The second kappa shape index (κ2) is 7.79. The molecule has 0 aromatic heterocycles. The Morgan fingerprint density at radius 1 is 1.25 bits per heavy atom. The highest BCUT2D eigenvalue weighted by atomic mass is 16.5. The zero-order valence-corrected chi connectivity index (χ0v) is 7.49. The maximum absolute atomic E-state index is 10.3. The van der Waals surface area contributed by atoms with Gasteiger partial charge in [-0.1, -0.05) is 30.4 Å². The molecule has 0 aromatic carbocycles. The minimum Gasteiger partial charge on any atom is -0.462 e. The summed E-state index contributed by atoms with van der Waals surface area (Å²) in [5.74, 6) is -0.253. The summed E-state index contributed by atoms with van der Waals surface area (Å²) in [5, 5.41) is 0. The highest BCUT2D eigenvalue weighted by Crippen LogP contribution is 1.82. The third-order valence-electron chi connectivity index (χ3n) is 1.04. The largest absolute Gasteiger partial charge is 0.462 e. The van der Waals surface area contributed by atoms with Crippen LogP contribution < -0.4 is 0 Å². The van der Waals surface area contributed by atoms with E-state index in [0.717, 1.165) is 0 Å². The quantitative estimate of drug-likeness (QED) is 0.473. The Hall–Kier alpha value is -1.31. The summed E-state index contributed by atoms with van der Waals surface area (Å²) in [6.45, 7) is 3.69. The summed E-state index contributed by atoms with van der Waals surface area (Å²) in [6, 6.07) is 0. The summed E-state index contributed by atoms with van der Waals surface area (Å²) >= 11 is 0. The van der Waals surface area contributed by atoms with E-state index in [9.17, 15) is 4.79 Å². The third-order valence-corrected chi connectivity index (χ3v) is 1.04. The van der Waals surface area contributed by atoms with Crippen molar-refractivity contribution in [3.63, 3.8) is 0 Å². The van der Waals surface area contributed by atoms with Crippen molar-refractivity contribution < 1.29 is 9.53 Å². The molecular formula is C10H14O2. The first-order valence-corrected chi connectivity index (χ1v) is 3.85. The van der Waals surface area contributed by atoms with E-state index in [0.29, 0.717) is 6.61 Å². The molecule has 0 aliphatic heterocycles. The van der Waals surface area contributed by atoms with Crippen LogP contribution in [0.15, 0.2) is 36.5 Å². The van der Waals surface area contributed by atoms with Gasteiger partial charge in [-0.2, -0.15) is 0 Å². The predicted molar refractivity (Wildman–Crippen MR) is 49.7 cm³/mol. The molecule has 66 valence electrons. The first-order chi connectivity index (χ1) is 5.77. The lowest BCUT2D eigenvalue weighted by atomic mass is 10.4. The summed E-state index contributed by atoms with van der Waals surface area (Å²) in [5.41, 5.74) is 0. The van der Waals surface area contributed by atoms with Gasteiger partial charge in [0.1, 0.15) is 6.61 Å². The van der Waals surface area contributed by atoms with Gasteiger partial charge in [0.15, 0.2) is 0 Å². The lowest BCUT2D eigenvalue weighted by Crippen LogP contribution is -1.96. The van der Waals surface area contributed by atoms with E-state index in [4.69, 9.17) is 0 Å². The van der Waals surface area contributed by atoms with E-state index in [-0.39, 0.29) is 5.97 Å². The van der Waals surface area contributed by atoms with Crippen molar-refractivity contribution in [2.24, 2.45) is 0 Å².